The molecule has 25 heavy (non-hydrogen) atoms. The van der Waals surface area contributed by atoms with Gasteiger partial charge < -0.3 is 15.7 Å². The smallest absolute Gasteiger partial charge is 0.247 e. The number of hydrogen-bond donors (Lipinski definition) is 2. The highest BCUT2D eigenvalue weighted by Gasteiger charge is 2.37. The molecule has 0 bridgehead atoms. The Morgan fingerprint density at radius 3 is 2.40 bits per heavy atom. The summed E-state index contributed by atoms with van der Waals surface area (Å²) < 4.78 is 0.963. The number of piperazine rings is 1. The zero-order valence-corrected chi connectivity index (χ0v) is 18.0. The third kappa shape index (κ3) is 6.08. The van der Waals surface area contributed by atoms with Crippen molar-refractivity contribution in [1.82, 2.24) is 9.80 Å². The van der Waals surface area contributed by atoms with Crippen LogP contribution in [-0.4, -0.2) is 59.1 Å². The van der Waals surface area contributed by atoms with E-state index in [0.29, 0.717) is 19.6 Å². The van der Waals surface area contributed by atoms with E-state index < -0.39 is 5.54 Å². The van der Waals surface area contributed by atoms with E-state index >= 15 is 0 Å². The zero-order chi connectivity index (χ0) is 17.2. The number of rotatable bonds is 4. The van der Waals surface area contributed by atoms with E-state index in [-0.39, 0.29) is 42.9 Å². The third-order valence-electron chi connectivity index (χ3n) is 4.44. The lowest BCUT2D eigenvalue weighted by Crippen LogP contribution is -2.60. The molecule has 144 valence electrons. The number of aliphatic hydroxyl groups is 1. The number of amides is 1. The number of carbonyl (C=O) groups is 1. The lowest BCUT2D eigenvalue weighted by Gasteiger charge is -2.42. The SMILES string of the molecule is CC(O)CN1CCN(C(=O)C(C)(N)c2ccc(Br)cc2)CC1C.Cl.Cl. The van der Waals surface area contributed by atoms with Crippen molar-refractivity contribution >= 4 is 46.7 Å². The highest BCUT2D eigenvalue weighted by molar-refractivity contribution is 9.10. The number of nitrogens with two attached hydrogens (primary N) is 1. The van der Waals surface area contributed by atoms with Crippen LogP contribution < -0.4 is 5.73 Å². The van der Waals surface area contributed by atoms with Crippen LogP contribution in [0.25, 0.3) is 0 Å². The summed E-state index contributed by atoms with van der Waals surface area (Å²) in [5.41, 5.74) is 6.14. The molecule has 1 aliphatic rings. The Balaban J connectivity index is 0.00000288. The molecule has 1 amide bonds. The molecule has 1 heterocycles. The van der Waals surface area contributed by atoms with Crippen molar-refractivity contribution in [1.29, 1.82) is 0 Å². The van der Waals surface area contributed by atoms with Crippen molar-refractivity contribution < 1.29 is 9.90 Å². The van der Waals surface area contributed by atoms with Gasteiger partial charge in [-0.3, -0.25) is 9.69 Å². The fraction of sp³-hybridized carbons (Fsp3) is 0.588. The quantitative estimate of drug-likeness (QED) is 0.729. The Morgan fingerprint density at radius 1 is 1.36 bits per heavy atom. The van der Waals surface area contributed by atoms with Crippen LogP contribution in [-0.2, 0) is 10.3 Å². The van der Waals surface area contributed by atoms with E-state index in [4.69, 9.17) is 5.73 Å². The number of benzene rings is 1. The van der Waals surface area contributed by atoms with Gasteiger partial charge in [0.15, 0.2) is 0 Å². The van der Waals surface area contributed by atoms with E-state index in [0.717, 1.165) is 16.6 Å². The molecule has 0 radical (unpaired) electrons. The molecule has 3 atom stereocenters. The molecule has 1 saturated heterocycles. The maximum absolute atomic E-state index is 12.9. The van der Waals surface area contributed by atoms with Gasteiger partial charge in [-0.1, -0.05) is 28.1 Å². The summed E-state index contributed by atoms with van der Waals surface area (Å²) in [5, 5.41) is 9.55. The van der Waals surface area contributed by atoms with E-state index in [1.807, 2.05) is 29.2 Å². The molecule has 5 nitrogen and oxygen atoms in total. The minimum absolute atomic E-state index is 0. The van der Waals surface area contributed by atoms with Crippen LogP contribution in [0.3, 0.4) is 0 Å². The summed E-state index contributed by atoms with van der Waals surface area (Å²) in [5.74, 6) is -0.0524. The fourth-order valence-corrected chi connectivity index (χ4v) is 3.30. The van der Waals surface area contributed by atoms with Gasteiger partial charge in [-0.2, -0.15) is 0 Å². The highest BCUT2D eigenvalue weighted by atomic mass is 79.9. The van der Waals surface area contributed by atoms with Gasteiger partial charge in [0.1, 0.15) is 5.54 Å². The Bertz CT molecular complexity index is 555. The number of nitrogens with zero attached hydrogens (tertiary/aromatic N) is 2. The second-order valence-electron chi connectivity index (χ2n) is 6.65. The largest absolute Gasteiger partial charge is 0.392 e. The number of halogens is 3. The highest BCUT2D eigenvalue weighted by Crippen LogP contribution is 2.24. The molecule has 0 aromatic heterocycles. The molecule has 1 aliphatic heterocycles. The first-order chi connectivity index (χ1) is 10.7. The van der Waals surface area contributed by atoms with Crippen LogP contribution >= 0.6 is 40.7 Å². The van der Waals surface area contributed by atoms with Crippen LogP contribution in [0.5, 0.6) is 0 Å². The molecule has 2 rings (SSSR count). The van der Waals surface area contributed by atoms with Crippen molar-refractivity contribution in [2.24, 2.45) is 5.73 Å². The second kappa shape index (κ2) is 10.1. The number of aliphatic hydroxyl groups excluding tert-OH is 1. The van der Waals surface area contributed by atoms with E-state index in [1.165, 1.54) is 0 Å². The Labute approximate surface area is 170 Å². The van der Waals surface area contributed by atoms with Gasteiger partial charge in [0.05, 0.1) is 6.10 Å². The van der Waals surface area contributed by atoms with Gasteiger partial charge in [0.2, 0.25) is 5.91 Å². The molecule has 0 saturated carbocycles. The Morgan fingerprint density at radius 2 is 1.92 bits per heavy atom. The third-order valence-corrected chi connectivity index (χ3v) is 4.97. The maximum atomic E-state index is 12.9. The van der Waals surface area contributed by atoms with Crippen LogP contribution in [0.4, 0.5) is 0 Å². The van der Waals surface area contributed by atoms with Crippen molar-refractivity contribution in [3.05, 3.63) is 34.3 Å². The topological polar surface area (TPSA) is 69.8 Å². The molecular weight excluding hydrogens is 429 g/mol. The lowest BCUT2D eigenvalue weighted by atomic mass is 9.91. The average molecular weight is 457 g/mol. The normalized spacial score (nSPS) is 21.5. The molecule has 3 N–H and O–H groups in total. The summed E-state index contributed by atoms with van der Waals surface area (Å²) in [4.78, 5) is 16.9. The van der Waals surface area contributed by atoms with Gasteiger partial charge in [-0.15, -0.1) is 24.8 Å². The van der Waals surface area contributed by atoms with Gasteiger partial charge in [-0.05, 0) is 38.5 Å². The molecule has 1 aromatic rings. The predicted octanol–water partition coefficient (Wildman–Crippen LogP) is 2.38. The summed E-state index contributed by atoms with van der Waals surface area (Å²) in [6, 6.07) is 7.78. The molecule has 3 unspecified atom stereocenters. The van der Waals surface area contributed by atoms with E-state index in [1.54, 1.807) is 13.8 Å². The zero-order valence-electron chi connectivity index (χ0n) is 14.8. The van der Waals surface area contributed by atoms with Gasteiger partial charge in [0.25, 0.3) is 0 Å². The monoisotopic (exact) mass is 455 g/mol. The summed E-state index contributed by atoms with van der Waals surface area (Å²) >= 11 is 3.40. The lowest BCUT2D eigenvalue weighted by molar-refractivity contribution is -0.140. The Kier molecular flexibility index (Phi) is 9.94. The van der Waals surface area contributed by atoms with Gasteiger partial charge >= 0.3 is 0 Å². The summed E-state index contributed by atoms with van der Waals surface area (Å²) in [6.07, 6.45) is -0.359. The van der Waals surface area contributed by atoms with Gasteiger partial charge in [-0.25, -0.2) is 0 Å². The summed E-state index contributed by atoms with van der Waals surface area (Å²) in [6.45, 7) is 8.30. The summed E-state index contributed by atoms with van der Waals surface area (Å²) in [7, 11) is 0. The standard InChI is InChI=1S/C17H26BrN3O2.2ClH/c1-12-10-21(9-8-20(12)11-13(2)22)16(23)17(3,19)14-4-6-15(18)7-5-14;;/h4-7,12-13,22H,8-11,19H2,1-3H3;2*1H. The molecular formula is C17H28BrCl2N3O2. The van der Waals surface area contributed by atoms with E-state index in [9.17, 15) is 9.90 Å². The van der Waals surface area contributed by atoms with Crippen molar-refractivity contribution in [3.63, 3.8) is 0 Å². The van der Waals surface area contributed by atoms with Crippen LogP contribution in [0.2, 0.25) is 0 Å². The predicted molar refractivity (Wildman–Crippen MR) is 109 cm³/mol. The van der Waals surface area contributed by atoms with Crippen LogP contribution in [0.15, 0.2) is 28.7 Å². The fourth-order valence-electron chi connectivity index (χ4n) is 3.04. The molecule has 1 fully saturated rings. The number of hydrogen-bond acceptors (Lipinski definition) is 4. The first-order valence-electron chi connectivity index (χ1n) is 7.98. The number of carbonyl (C=O) groups excluding carboxylic acids is 1. The minimum Gasteiger partial charge on any atom is -0.392 e. The minimum atomic E-state index is -1.03. The second-order valence-corrected chi connectivity index (χ2v) is 7.57. The average Bonchev–Trinajstić information content (AvgIpc) is 2.48. The molecule has 8 heteroatoms. The van der Waals surface area contributed by atoms with Gasteiger partial charge in [0, 0.05) is 36.7 Å². The first-order valence-corrected chi connectivity index (χ1v) is 8.77. The van der Waals surface area contributed by atoms with Crippen LogP contribution in [0, 0.1) is 0 Å². The van der Waals surface area contributed by atoms with Crippen molar-refractivity contribution in [2.75, 3.05) is 26.2 Å². The van der Waals surface area contributed by atoms with Crippen LogP contribution in [0.1, 0.15) is 26.3 Å². The van der Waals surface area contributed by atoms with E-state index in [2.05, 4.69) is 27.8 Å². The Hall–Kier alpha value is -0.370. The van der Waals surface area contributed by atoms with Crippen molar-refractivity contribution in [3.8, 4) is 0 Å². The molecule has 0 aliphatic carbocycles. The molecule has 0 spiro atoms. The molecule has 1 aromatic carbocycles. The van der Waals surface area contributed by atoms with Crippen molar-refractivity contribution in [2.45, 2.75) is 38.5 Å². The first kappa shape index (κ1) is 24.6. The number of β-amino-alcohol motifs (C(OH)–C–C–N with tert-alkyl or cyclic N) is 1. The maximum Gasteiger partial charge on any atom is 0.247 e.